The van der Waals surface area contributed by atoms with Crippen LogP contribution in [0.15, 0.2) is 28.0 Å². The van der Waals surface area contributed by atoms with E-state index in [0.29, 0.717) is 39.3 Å². The van der Waals surface area contributed by atoms with Crippen LogP contribution in [-0.2, 0) is 9.53 Å². The van der Waals surface area contributed by atoms with E-state index in [0.717, 1.165) is 12.0 Å². The first kappa shape index (κ1) is 22.9. The Balaban J connectivity index is 1.89. The van der Waals surface area contributed by atoms with Crippen LogP contribution in [0.1, 0.15) is 45.2 Å². The summed E-state index contributed by atoms with van der Waals surface area (Å²) in [6.45, 7) is 11.2. The number of ether oxygens (including phenoxy) is 1. The van der Waals surface area contributed by atoms with Gasteiger partial charge in [0.15, 0.2) is 0 Å². The highest BCUT2D eigenvalue weighted by atomic mass is 32.2. The Morgan fingerprint density at radius 1 is 1.31 bits per heavy atom. The zero-order chi connectivity index (χ0) is 23.2. The molecule has 2 fully saturated rings. The van der Waals surface area contributed by atoms with Crippen molar-refractivity contribution in [1.82, 2.24) is 14.3 Å². The fraction of sp³-hybridized carbons (Fsp3) is 0.478. The van der Waals surface area contributed by atoms with E-state index in [2.05, 4.69) is 4.90 Å². The van der Waals surface area contributed by atoms with Crippen LogP contribution in [0.4, 0.5) is 5.82 Å². The van der Waals surface area contributed by atoms with E-state index in [1.54, 1.807) is 21.6 Å². The maximum Gasteiger partial charge on any atom is 0.267 e. The minimum absolute atomic E-state index is 0.00675. The number of carbonyl (C=O) groups is 1. The number of pyridine rings is 1. The summed E-state index contributed by atoms with van der Waals surface area (Å²) >= 11 is 6.71. The molecule has 0 aliphatic carbocycles. The maximum absolute atomic E-state index is 13.6. The van der Waals surface area contributed by atoms with Crippen molar-refractivity contribution in [3.05, 3.63) is 44.7 Å². The van der Waals surface area contributed by atoms with Gasteiger partial charge in [0.1, 0.15) is 15.8 Å². The van der Waals surface area contributed by atoms with Crippen molar-refractivity contribution in [2.45, 2.75) is 59.3 Å². The number of hydrogen-bond donors (Lipinski definition) is 0. The Labute approximate surface area is 197 Å². The van der Waals surface area contributed by atoms with Crippen LogP contribution in [0, 0.1) is 6.92 Å². The maximum atomic E-state index is 13.6. The molecule has 4 heterocycles. The number of morpholine rings is 1. The van der Waals surface area contributed by atoms with Crippen molar-refractivity contribution in [1.29, 1.82) is 0 Å². The van der Waals surface area contributed by atoms with Gasteiger partial charge in [0, 0.05) is 25.3 Å². The molecule has 2 aromatic heterocycles. The zero-order valence-corrected chi connectivity index (χ0v) is 20.6. The van der Waals surface area contributed by atoms with Crippen molar-refractivity contribution in [3.8, 4) is 0 Å². The number of anilines is 1. The second kappa shape index (κ2) is 8.96. The Bertz CT molecular complexity index is 1170. The van der Waals surface area contributed by atoms with Crippen LogP contribution in [0.2, 0.25) is 0 Å². The van der Waals surface area contributed by atoms with E-state index >= 15 is 0 Å². The van der Waals surface area contributed by atoms with Crippen LogP contribution in [0.3, 0.4) is 0 Å². The molecular weight excluding hydrogens is 444 g/mol. The number of hydrogen-bond acceptors (Lipinski definition) is 7. The number of fused-ring (bicyclic) bond motifs is 1. The van der Waals surface area contributed by atoms with Crippen LogP contribution >= 0.6 is 24.0 Å². The number of aryl methyl sites for hydroxylation is 1. The molecule has 0 unspecified atom stereocenters. The monoisotopic (exact) mass is 472 g/mol. The second-order valence-corrected chi connectivity index (χ2v) is 10.2. The SMILES string of the molecule is CC[C@H](C)N1C(=O)/C(=C/c2c(N3C[C@@H](C)O[C@@H](C)C3)nc3c(C)cccn3c2=O)SC1=S. The molecule has 0 saturated carbocycles. The van der Waals surface area contributed by atoms with Crippen LogP contribution in [-0.4, -0.2) is 55.9 Å². The van der Waals surface area contributed by atoms with E-state index < -0.39 is 0 Å². The molecule has 2 aliphatic heterocycles. The van der Waals surface area contributed by atoms with E-state index in [-0.39, 0.29) is 29.7 Å². The molecule has 4 rings (SSSR count). The van der Waals surface area contributed by atoms with Gasteiger partial charge in [0.25, 0.3) is 11.5 Å². The molecule has 3 atom stereocenters. The van der Waals surface area contributed by atoms with E-state index in [9.17, 15) is 9.59 Å². The quantitative estimate of drug-likeness (QED) is 0.497. The molecule has 9 heteroatoms. The minimum Gasteiger partial charge on any atom is -0.372 e. The highest BCUT2D eigenvalue weighted by Crippen LogP contribution is 2.35. The summed E-state index contributed by atoms with van der Waals surface area (Å²) in [5, 5.41) is 0. The molecule has 170 valence electrons. The van der Waals surface area contributed by atoms with Crippen molar-refractivity contribution < 1.29 is 9.53 Å². The fourth-order valence-corrected chi connectivity index (χ4v) is 5.64. The number of aromatic nitrogens is 2. The summed E-state index contributed by atoms with van der Waals surface area (Å²) in [6.07, 6.45) is 4.20. The van der Waals surface area contributed by atoms with Crippen LogP contribution < -0.4 is 10.5 Å². The van der Waals surface area contributed by atoms with Gasteiger partial charge in [-0.1, -0.05) is 37.0 Å². The lowest BCUT2D eigenvalue weighted by Gasteiger charge is -2.36. The average Bonchev–Trinajstić information content (AvgIpc) is 3.02. The molecule has 0 radical (unpaired) electrons. The summed E-state index contributed by atoms with van der Waals surface area (Å²) in [6, 6.07) is 3.77. The third-order valence-corrected chi connectivity index (χ3v) is 7.24. The molecule has 7 nitrogen and oxygen atoms in total. The number of thioether (sulfide) groups is 1. The molecule has 0 bridgehead atoms. The van der Waals surface area contributed by atoms with E-state index in [1.165, 1.54) is 11.8 Å². The summed E-state index contributed by atoms with van der Waals surface area (Å²) < 4.78 is 7.96. The number of thiocarbonyl (C=S) groups is 1. The zero-order valence-electron chi connectivity index (χ0n) is 19.0. The van der Waals surface area contributed by atoms with Gasteiger partial charge in [-0.25, -0.2) is 4.98 Å². The van der Waals surface area contributed by atoms with Crippen LogP contribution in [0.5, 0.6) is 0 Å². The Morgan fingerprint density at radius 2 is 2.00 bits per heavy atom. The lowest BCUT2D eigenvalue weighted by atomic mass is 10.1. The van der Waals surface area contributed by atoms with Crippen molar-refractivity contribution in [3.63, 3.8) is 0 Å². The first-order valence-corrected chi connectivity index (χ1v) is 12.1. The molecule has 1 amide bonds. The molecule has 0 aromatic carbocycles. The first-order valence-electron chi connectivity index (χ1n) is 10.9. The molecule has 2 aliphatic rings. The Hall–Kier alpha value is -2.23. The lowest BCUT2D eigenvalue weighted by Crippen LogP contribution is -2.46. The second-order valence-electron chi connectivity index (χ2n) is 8.51. The van der Waals surface area contributed by atoms with Gasteiger partial charge in [-0.05, 0) is 51.8 Å². The van der Waals surface area contributed by atoms with Crippen molar-refractivity contribution in [2.24, 2.45) is 0 Å². The molecule has 0 spiro atoms. The van der Waals surface area contributed by atoms with Gasteiger partial charge in [0.2, 0.25) is 0 Å². The number of amides is 1. The first-order chi connectivity index (χ1) is 15.2. The van der Waals surface area contributed by atoms with Crippen molar-refractivity contribution >= 4 is 51.7 Å². The van der Waals surface area contributed by atoms with Crippen molar-refractivity contribution in [2.75, 3.05) is 18.0 Å². The van der Waals surface area contributed by atoms with Gasteiger partial charge < -0.3 is 9.64 Å². The highest BCUT2D eigenvalue weighted by Gasteiger charge is 2.35. The largest absolute Gasteiger partial charge is 0.372 e. The standard InChI is InChI=1S/C23H28N4O3S2/c1-6-14(3)27-22(29)18(32-23(27)31)10-17-20(25-11-15(4)30-16(5)12-25)24-19-13(2)8-7-9-26(19)21(17)28/h7-10,14-16H,6,11-12H2,1-5H3/b18-10-/t14-,15-,16+/m0/s1. The van der Waals surface area contributed by atoms with Gasteiger partial charge in [0.05, 0.1) is 22.7 Å². The van der Waals surface area contributed by atoms with Gasteiger partial charge in [-0.3, -0.25) is 18.9 Å². The topological polar surface area (TPSA) is 67.2 Å². The molecule has 2 saturated heterocycles. The van der Waals surface area contributed by atoms with Crippen LogP contribution in [0.25, 0.3) is 11.7 Å². The lowest BCUT2D eigenvalue weighted by molar-refractivity contribution is -0.123. The Kier molecular flexibility index (Phi) is 6.42. The predicted molar refractivity (Wildman–Crippen MR) is 133 cm³/mol. The van der Waals surface area contributed by atoms with Gasteiger partial charge in [-0.15, -0.1) is 0 Å². The fourth-order valence-electron chi connectivity index (χ4n) is 4.19. The number of rotatable bonds is 4. The third kappa shape index (κ3) is 4.09. The normalized spacial score (nSPS) is 24.1. The summed E-state index contributed by atoms with van der Waals surface area (Å²) in [7, 11) is 0. The molecule has 32 heavy (non-hydrogen) atoms. The number of carbonyl (C=O) groups excluding carboxylic acids is 1. The smallest absolute Gasteiger partial charge is 0.267 e. The highest BCUT2D eigenvalue weighted by molar-refractivity contribution is 8.26. The summed E-state index contributed by atoms with van der Waals surface area (Å²) in [5.41, 5.74) is 1.73. The molecule has 2 aromatic rings. The van der Waals surface area contributed by atoms with Gasteiger partial charge in [-0.2, -0.15) is 0 Å². The van der Waals surface area contributed by atoms with Gasteiger partial charge >= 0.3 is 0 Å². The molecule has 0 N–H and O–H groups in total. The third-order valence-electron chi connectivity index (χ3n) is 5.91. The Morgan fingerprint density at radius 3 is 2.66 bits per heavy atom. The number of nitrogens with zero attached hydrogens (tertiary/aromatic N) is 4. The average molecular weight is 473 g/mol. The molecular formula is C23H28N4O3S2. The van der Waals surface area contributed by atoms with E-state index in [1.807, 2.05) is 46.8 Å². The van der Waals surface area contributed by atoms with E-state index in [4.69, 9.17) is 21.9 Å². The summed E-state index contributed by atoms with van der Waals surface area (Å²) in [4.78, 5) is 35.8. The summed E-state index contributed by atoms with van der Waals surface area (Å²) in [5.74, 6) is 0.429. The minimum atomic E-state index is -0.200. The predicted octanol–water partition coefficient (Wildman–Crippen LogP) is 3.62.